The van der Waals surface area contributed by atoms with Gasteiger partial charge >= 0.3 is 12.1 Å². The van der Waals surface area contributed by atoms with Crippen LogP contribution in [0, 0.1) is 6.92 Å². The zero-order valence-electron chi connectivity index (χ0n) is 23.0. The molecule has 206 valence electrons. The Morgan fingerprint density at radius 3 is 2.62 bits per heavy atom. The van der Waals surface area contributed by atoms with Gasteiger partial charge in [0.1, 0.15) is 17.1 Å². The van der Waals surface area contributed by atoms with Crippen molar-refractivity contribution >= 4 is 12.1 Å². The van der Waals surface area contributed by atoms with Gasteiger partial charge in [-0.3, -0.25) is 0 Å². The number of piperidine rings is 1. The van der Waals surface area contributed by atoms with E-state index in [-0.39, 0.29) is 6.04 Å². The number of hydrogen-bond acceptors (Lipinski definition) is 8. The van der Waals surface area contributed by atoms with Gasteiger partial charge in [-0.05, 0) is 71.3 Å². The lowest BCUT2D eigenvalue weighted by atomic mass is 9.50. The summed E-state index contributed by atoms with van der Waals surface area (Å²) in [5.41, 5.74) is 1.06. The highest BCUT2D eigenvalue weighted by Gasteiger charge is 2.71. The van der Waals surface area contributed by atoms with Crippen molar-refractivity contribution in [1.29, 1.82) is 0 Å². The molecule has 1 saturated heterocycles. The molecule has 2 aromatic rings. The fourth-order valence-corrected chi connectivity index (χ4v) is 7.01. The number of carbonyl (C=O) groups excluding carboxylic acids is 2. The Morgan fingerprint density at radius 2 is 1.90 bits per heavy atom. The van der Waals surface area contributed by atoms with Gasteiger partial charge in [-0.15, -0.1) is 0 Å². The highest BCUT2D eigenvalue weighted by Crippen LogP contribution is 2.64. The van der Waals surface area contributed by atoms with E-state index in [1.807, 2.05) is 13.0 Å². The third-order valence-electron chi connectivity index (χ3n) is 8.71. The van der Waals surface area contributed by atoms with Gasteiger partial charge in [0.2, 0.25) is 6.10 Å². The lowest BCUT2D eigenvalue weighted by Crippen LogP contribution is -2.74. The molecule has 2 heterocycles. The van der Waals surface area contributed by atoms with Crippen LogP contribution in [0.2, 0.25) is 0 Å². The van der Waals surface area contributed by atoms with Crippen molar-refractivity contribution in [2.24, 2.45) is 0 Å². The van der Waals surface area contributed by atoms with Crippen LogP contribution in [0.25, 0.3) is 0 Å². The van der Waals surface area contributed by atoms with Gasteiger partial charge in [0.15, 0.2) is 6.10 Å². The van der Waals surface area contributed by atoms with Crippen LogP contribution in [0.15, 0.2) is 54.3 Å². The maximum absolute atomic E-state index is 13.7. The zero-order valence-corrected chi connectivity index (χ0v) is 23.0. The third kappa shape index (κ3) is 3.87. The first kappa shape index (κ1) is 25.9. The smallest absolute Gasteiger partial charge is 0.481 e. The van der Waals surface area contributed by atoms with E-state index in [4.69, 9.17) is 18.9 Å². The molecule has 0 aromatic heterocycles. The van der Waals surface area contributed by atoms with Crippen LogP contribution in [0.4, 0.5) is 4.79 Å². The number of carbonyl (C=O) groups is 2. The highest BCUT2D eigenvalue weighted by molar-refractivity contribution is 5.80. The minimum Gasteiger partial charge on any atom is -0.481 e. The molecule has 6 rings (SSSR count). The van der Waals surface area contributed by atoms with E-state index in [9.17, 15) is 14.7 Å². The summed E-state index contributed by atoms with van der Waals surface area (Å²) in [4.78, 5) is 28.5. The van der Waals surface area contributed by atoms with Gasteiger partial charge < -0.3 is 29.0 Å². The predicted octanol–water partition coefficient (Wildman–Crippen LogP) is 4.51. The molecule has 8 heteroatoms. The Labute approximate surface area is 228 Å². The van der Waals surface area contributed by atoms with Crippen molar-refractivity contribution < 1.29 is 33.6 Å². The fourth-order valence-electron chi connectivity index (χ4n) is 7.01. The van der Waals surface area contributed by atoms with Crippen molar-refractivity contribution in [3.05, 3.63) is 76.6 Å². The normalized spacial score (nSPS) is 29.4. The molecule has 2 aliphatic heterocycles. The Balaban J connectivity index is 1.36. The average molecular weight is 534 g/mol. The summed E-state index contributed by atoms with van der Waals surface area (Å²) in [7, 11) is 2.05. The van der Waals surface area contributed by atoms with Crippen LogP contribution in [0.5, 0.6) is 5.75 Å². The largest absolute Gasteiger partial charge is 0.510 e. The first-order chi connectivity index (χ1) is 18.4. The number of aryl methyl sites for hydroxylation is 1. The topological polar surface area (TPSA) is 94.5 Å². The summed E-state index contributed by atoms with van der Waals surface area (Å²) in [5, 5.41) is 12.3. The molecule has 39 heavy (non-hydrogen) atoms. The molecule has 2 aromatic carbocycles. The van der Waals surface area contributed by atoms with Gasteiger partial charge in [-0.2, -0.15) is 0 Å². The SMILES string of the molecule is Cc1ccc2c3c1O[C@H]1C(OC(=O)[C@@H](OC(=O)OC(C)(C)C)c4ccccc4)=CC[C@@]4(O)[C@@H](C2)N(C)CC[C@]314. The molecule has 4 aliphatic rings. The number of aliphatic hydroxyl groups is 1. The van der Waals surface area contributed by atoms with Gasteiger partial charge in [-0.25, -0.2) is 9.59 Å². The molecule has 0 unspecified atom stereocenters. The maximum Gasteiger partial charge on any atom is 0.510 e. The van der Waals surface area contributed by atoms with Crippen molar-refractivity contribution in [3.8, 4) is 5.75 Å². The molecule has 0 radical (unpaired) electrons. The Bertz CT molecular complexity index is 1360. The van der Waals surface area contributed by atoms with Gasteiger partial charge in [0.25, 0.3) is 0 Å². The Kier molecular flexibility index (Phi) is 5.86. The third-order valence-corrected chi connectivity index (χ3v) is 8.71. The van der Waals surface area contributed by atoms with Crippen molar-refractivity contribution in [3.63, 3.8) is 0 Å². The van der Waals surface area contributed by atoms with E-state index in [0.29, 0.717) is 24.2 Å². The highest BCUT2D eigenvalue weighted by atomic mass is 16.7. The van der Waals surface area contributed by atoms with Crippen LogP contribution in [-0.4, -0.2) is 59.1 Å². The molecular formula is C31H35NO7. The Hall–Kier alpha value is -3.36. The van der Waals surface area contributed by atoms with Gasteiger partial charge in [0.05, 0.1) is 11.0 Å². The van der Waals surface area contributed by atoms with Crippen LogP contribution in [0.1, 0.15) is 62.0 Å². The van der Waals surface area contributed by atoms with Crippen LogP contribution in [-0.2, 0) is 30.8 Å². The van der Waals surface area contributed by atoms with E-state index in [1.54, 1.807) is 51.1 Å². The minimum absolute atomic E-state index is 0.0837. The second-order valence-corrected chi connectivity index (χ2v) is 12.2. The summed E-state index contributed by atoms with van der Waals surface area (Å²) < 4.78 is 23.5. The van der Waals surface area contributed by atoms with Crippen LogP contribution in [0.3, 0.4) is 0 Å². The summed E-state index contributed by atoms with van der Waals surface area (Å²) >= 11 is 0. The maximum atomic E-state index is 13.7. The molecule has 2 bridgehead atoms. The van der Waals surface area contributed by atoms with Crippen molar-refractivity contribution in [2.45, 2.75) is 81.8 Å². The minimum atomic E-state index is -1.34. The number of ether oxygens (including phenoxy) is 4. The standard InChI is InChI=1S/C31H35NO7/c1-18-11-12-20-17-22-31(35)14-13-21(26-30(31,15-16-32(22)5)23(20)24(18)37-26)36-27(33)25(19-9-7-6-8-10-19)38-28(34)39-29(2,3)4/h6-13,22,25-26,35H,14-17H2,1-5H3/t22-,25+,26+,30+,31-/m1/s1. The lowest BCUT2D eigenvalue weighted by Gasteiger charge is -2.61. The number of benzene rings is 2. The van der Waals surface area contributed by atoms with Crippen LogP contribution < -0.4 is 4.74 Å². The molecule has 8 nitrogen and oxygen atoms in total. The molecule has 0 saturated carbocycles. The van der Waals surface area contributed by atoms with Crippen LogP contribution >= 0.6 is 0 Å². The Morgan fingerprint density at radius 1 is 1.15 bits per heavy atom. The van der Waals surface area contributed by atoms with E-state index in [0.717, 1.165) is 29.8 Å². The fraction of sp³-hybridized carbons (Fsp3) is 0.484. The molecule has 2 aliphatic carbocycles. The van der Waals surface area contributed by atoms with E-state index in [2.05, 4.69) is 24.1 Å². The number of hydrogen-bond donors (Lipinski definition) is 1. The summed E-state index contributed by atoms with van der Waals surface area (Å²) in [6, 6.07) is 12.8. The first-order valence-electron chi connectivity index (χ1n) is 13.5. The second kappa shape index (κ2) is 8.83. The van der Waals surface area contributed by atoms with E-state index >= 15 is 0 Å². The summed E-state index contributed by atoms with van der Waals surface area (Å²) in [6.07, 6.45) is 0.512. The van der Waals surface area contributed by atoms with E-state index < -0.39 is 40.9 Å². The summed E-state index contributed by atoms with van der Waals surface area (Å²) in [6.45, 7) is 7.96. The van der Waals surface area contributed by atoms with Gasteiger partial charge in [-0.1, -0.05) is 42.5 Å². The molecular weight excluding hydrogens is 498 g/mol. The molecule has 1 spiro atoms. The molecule has 0 amide bonds. The molecule has 5 atom stereocenters. The first-order valence-corrected chi connectivity index (χ1v) is 13.5. The van der Waals surface area contributed by atoms with E-state index in [1.165, 1.54) is 5.56 Å². The average Bonchev–Trinajstić information content (AvgIpc) is 3.23. The number of likely N-dealkylation sites (tertiary alicyclic amines) is 1. The number of rotatable bonds is 4. The second-order valence-electron chi connectivity index (χ2n) is 12.2. The number of likely N-dealkylation sites (N-methyl/N-ethyl adjacent to an activating group) is 1. The monoisotopic (exact) mass is 533 g/mol. The van der Waals surface area contributed by atoms with Crippen molar-refractivity contribution in [1.82, 2.24) is 4.90 Å². The number of esters is 1. The zero-order chi connectivity index (χ0) is 27.7. The lowest BCUT2D eigenvalue weighted by molar-refractivity contribution is -0.173. The quantitative estimate of drug-likeness (QED) is 0.574. The van der Waals surface area contributed by atoms with Gasteiger partial charge in [0, 0.05) is 23.6 Å². The van der Waals surface area contributed by atoms with Crippen molar-refractivity contribution in [2.75, 3.05) is 13.6 Å². The number of nitrogens with zero attached hydrogens (tertiary/aromatic N) is 1. The molecule has 1 fully saturated rings. The predicted molar refractivity (Wildman–Crippen MR) is 142 cm³/mol. The molecule has 1 N–H and O–H groups in total. The summed E-state index contributed by atoms with van der Waals surface area (Å²) in [5.74, 6) is 0.356.